The molecule has 1 aromatic heterocycles. The molecule has 1 aromatic carbocycles. The molecule has 2 N–H and O–H groups in total. The lowest BCUT2D eigenvalue weighted by atomic mass is 10.1. The highest BCUT2D eigenvalue weighted by molar-refractivity contribution is 7.81. The van der Waals surface area contributed by atoms with Crippen molar-refractivity contribution in [2.45, 2.75) is 0 Å². The largest absolute Gasteiger partial charge is 0.446 e. The van der Waals surface area contributed by atoms with E-state index in [0.29, 0.717) is 0 Å². The van der Waals surface area contributed by atoms with E-state index >= 15 is 0 Å². The Hall–Kier alpha value is -2.33. The molecule has 18 heavy (non-hydrogen) atoms. The molecule has 2 aromatic rings. The molecule has 0 fully saturated rings. The van der Waals surface area contributed by atoms with Gasteiger partial charge in [0.1, 0.15) is 0 Å². The molecule has 0 unspecified atom stereocenters. The van der Waals surface area contributed by atoms with Crippen LogP contribution in [-0.4, -0.2) is 39.4 Å². The van der Waals surface area contributed by atoms with E-state index in [1.54, 1.807) is 0 Å². The van der Waals surface area contributed by atoms with Gasteiger partial charge in [0, 0.05) is 0 Å². The summed E-state index contributed by atoms with van der Waals surface area (Å²) in [6, 6.07) is 5.46. The Bertz CT molecular complexity index is 667. The first-order chi connectivity index (χ1) is 8.47. The van der Waals surface area contributed by atoms with Gasteiger partial charge in [0.25, 0.3) is 0 Å². The lowest BCUT2D eigenvalue weighted by molar-refractivity contribution is 0.102. The van der Waals surface area contributed by atoms with Gasteiger partial charge in [0.2, 0.25) is 11.6 Å². The number of rotatable bonds is 4. The number of nitrogens with zero attached hydrogens (tertiary/aromatic N) is 3. The van der Waals surface area contributed by atoms with Crippen molar-refractivity contribution in [1.82, 2.24) is 20.6 Å². The number of aromatic amines is 1. The Morgan fingerprint density at radius 1 is 1.33 bits per heavy atom. The van der Waals surface area contributed by atoms with Gasteiger partial charge >= 0.3 is 10.4 Å². The molecule has 0 bridgehead atoms. The van der Waals surface area contributed by atoms with Gasteiger partial charge in [-0.2, -0.15) is 8.42 Å². The van der Waals surface area contributed by atoms with Crippen molar-refractivity contribution in [2.75, 3.05) is 0 Å². The van der Waals surface area contributed by atoms with Crippen molar-refractivity contribution in [3.63, 3.8) is 0 Å². The standard InChI is InChI=1S/C8H6N4O5S/c13-7(8-9-11-12-10-8)5-3-1-2-4-6(5)17-18(14,15)16/h1-4H,(H,14,15,16)(H,9,10,11,12). The first-order valence-electron chi connectivity index (χ1n) is 4.52. The predicted octanol–water partition coefficient (Wildman–Crippen LogP) is -0.388. The zero-order valence-corrected chi connectivity index (χ0v) is 9.46. The Morgan fingerprint density at radius 3 is 2.67 bits per heavy atom. The molecule has 0 aliphatic carbocycles. The molecular weight excluding hydrogens is 264 g/mol. The van der Waals surface area contributed by atoms with Gasteiger partial charge in [-0.25, -0.2) is 5.10 Å². The first kappa shape index (κ1) is 12.1. The third-order valence-corrected chi connectivity index (χ3v) is 2.28. The SMILES string of the molecule is O=C(c1nnn[nH]1)c1ccccc1OS(=O)(=O)O. The van der Waals surface area contributed by atoms with Crippen LogP contribution in [0.25, 0.3) is 0 Å². The Kier molecular flexibility index (Phi) is 3.04. The number of hydrogen-bond donors (Lipinski definition) is 2. The molecule has 0 atom stereocenters. The molecule has 10 heteroatoms. The van der Waals surface area contributed by atoms with Crippen molar-refractivity contribution < 1.29 is 21.9 Å². The molecule has 0 saturated heterocycles. The summed E-state index contributed by atoms with van der Waals surface area (Å²) in [6.45, 7) is 0. The summed E-state index contributed by atoms with van der Waals surface area (Å²) < 4.78 is 34.1. The zero-order valence-electron chi connectivity index (χ0n) is 8.64. The lowest BCUT2D eigenvalue weighted by Crippen LogP contribution is -2.12. The number of carbonyl (C=O) groups is 1. The highest BCUT2D eigenvalue weighted by Crippen LogP contribution is 2.21. The van der Waals surface area contributed by atoms with E-state index < -0.39 is 16.2 Å². The van der Waals surface area contributed by atoms with Gasteiger partial charge in [-0.1, -0.05) is 12.1 Å². The van der Waals surface area contributed by atoms with Gasteiger partial charge in [-0.05, 0) is 22.6 Å². The average Bonchev–Trinajstić information content (AvgIpc) is 2.80. The molecule has 1 heterocycles. The fourth-order valence-corrected chi connectivity index (χ4v) is 1.60. The molecule has 0 radical (unpaired) electrons. The molecular formula is C8H6N4O5S. The van der Waals surface area contributed by atoms with Gasteiger partial charge in [-0.15, -0.1) is 5.10 Å². The third-order valence-electron chi connectivity index (χ3n) is 1.89. The molecule has 0 amide bonds. The summed E-state index contributed by atoms with van der Waals surface area (Å²) in [7, 11) is -4.72. The normalized spacial score (nSPS) is 11.2. The van der Waals surface area contributed by atoms with Crippen LogP contribution >= 0.6 is 0 Å². The molecule has 0 aliphatic rings. The maximum Gasteiger partial charge on any atom is 0.446 e. The first-order valence-corrected chi connectivity index (χ1v) is 5.88. The van der Waals surface area contributed by atoms with Crippen molar-refractivity contribution >= 4 is 16.2 Å². The number of H-pyrrole nitrogens is 1. The van der Waals surface area contributed by atoms with Crippen LogP contribution in [0.5, 0.6) is 5.75 Å². The van der Waals surface area contributed by atoms with Crippen LogP contribution in [0.1, 0.15) is 16.2 Å². The van der Waals surface area contributed by atoms with Crippen LogP contribution in [0.2, 0.25) is 0 Å². The van der Waals surface area contributed by atoms with E-state index in [0.717, 1.165) is 0 Å². The zero-order chi connectivity index (χ0) is 13.2. The summed E-state index contributed by atoms with van der Waals surface area (Å²) >= 11 is 0. The maximum absolute atomic E-state index is 11.9. The van der Waals surface area contributed by atoms with Crippen LogP contribution in [0, 0.1) is 0 Å². The average molecular weight is 270 g/mol. The van der Waals surface area contributed by atoms with Gasteiger partial charge in [-0.3, -0.25) is 9.35 Å². The summed E-state index contributed by atoms with van der Waals surface area (Å²) in [5.41, 5.74) is -0.103. The lowest BCUT2D eigenvalue weighted by Gasteiger charge is -2.05. The smallest absolute Gasteiger partial charge is 0.361 e. The van der Waals surface area contributed by atoms with E-state index in [1.165, 1.54) is 24.3 Å². The number of nitrogens with one attached hydrogen (secondary N) is 1. The quantitative estimate of drug-likeness (QED) is 0.566. The van der Waals surface area contributed by atoms with Crippen LogP contribution in [0.4, 0.5) is 0 Å². The number of ketones is 1. The second kappa shape index (κ2) is 4.50. The van der Waals surface area contributed by atoms with Crippen LogP contribution in [0.3, 0.4) is 0 Å². The van der Waals surface area contributed by atoms with Crippen LogP contribution < -0.4 is 4.18 Å². The van der Waals surface area contributed by atoms with Gasteiger partial charge < -0.3 is 4.18 Å². The number of para-hydroxylation sites is 1. The Labute approximate surface area is 101 Å². The van der Waals surface area contributed by atoms with Crippen LogP contribution in [0.15, 0.2) is 24.3 Å². The monoisotopic (exact) mass is 270 g/mol. The minimum absolute atomic E-state index is 0.103. The van der Waals surface area contributed by atoms with Crippen molar-refractivity contribution in [3.05, 3.63) is 35.7 Å². The van der Waals surface area contributed by atoms with Crippen molar-refractivity contribution in [3.8, 4) is 5.75 Å². The molecule has 9 nitrogen and oxygen atoms in total. The number of benzene rings is 1. The number of carbonyl (C=O) groups excluding carboxylic acids is 1. The number of hydrogen-bond acceptors (Lipinski definition) is 7. The minimum Gasteiger partial charge on any atom is -0.361 e. The fourth-order valence-electron chi connectivity index (χ4n) is 1.22. The van der Waals surface area contributed by atoms with Crippen LogP contribution in [-0.2, 0) is 10.4 Å². The summed E-state index contributed by atoms with van der Waals surface area (Å²) in [6.07, 6.45) is 0. The third kappa shape index (κ3) is 2.67. The molecule has 2 rings (SSSR count). The molecule has 0 aliphatic heterocycles. The van der Waals surface area contributed by atoms with E-state index in [1.807, 2.05) is 0 Å². The minimum atomic E-state index is -4.72. The highest BCUT2D eigenvalue weighted by atomic mass is 32.3. The topological polar surface area (TPSA) is 135 Å². The number of tetrazole rings is 1. The number of aromatic nitrogens is 4. The Morgan fingerprint density at radius 2 is 2.06 bits per heavy atom. The van der Waals surface area contributed by atoms with Crippen molar-refractivity contribution in [2.24, 2.45) is 0 Å². The summed E-state index contributed by atoms with van der Waals surface area (Å²) in [5, 5.41) is 12.1. The Balaban J connectivity index is 2.42. The highest BCUT2D eigenvalue weighted by Gasteiger charge is 2.20. The van der Waals surface area contributed by atoms with E-state index in [4.69, 9.17) is 4.55 Å². The van der Waals surface area contributed by atoms with Gasteiger partial charge in [0.15, 0.2) is 5.75 Å². The fraction of sp³-hybridized carbons (Fsp3) is 0. The molecule has 94 valence electrons. The molecule has 0 saturated carbocycles. The summed E-state index contributed by atoms with van der Waals surface area (Å²) in [4.78, 5) is 11.9. The second-order valence-electron chi connectivity index (χ2n) is 3.09. The molecule has 0 spiro atoms. The second-order valence-corrected chi connectivity index (χ2v) is 4.11. The van der Waals surface area contributed by atoms with Crippen molar-refractivity contribution in [1.29, 1.82) is 0 Å². The van der Waals surface area contributed by atoms with E-state index in [-0.39, 0.29) is 17.1 Å². The predicted molar refractivity (Wildman–Crippen MR) is 56.2 cm³/mol. The summed E-state index contributed by atoms with van der Waals surface area (Å²) in [5.74, 6) is -1.16. The van der Waals surface area contributed by atoms with E-state index in [2.05, 4.69) is 24.8 Å². The van der Waals surface area contributed by atoms with Gasteiger partial charge in [0.05, 0.1) is 5.56 Å². The van der Waals surface area contributed by atoms with E-state index in [9.17, 15) is 13.2 Å². The maximum atomic E-state index is 11.9.